The number of rotatable bonds is 6. The predicted molar refractivity (Wildman–Crippen MR) is 134 cm³/mol. The van der Waals surface area contributed by atoms with Gasteiger partial charge < -0.3 is 16.4 Å². The highest BCUT2D eigenvalue weighted by atomic mass is 32.2. The summed E-state index contributed by atoms with van der Waals surface area (Å²) in [6, 6.07) is 24.9. The number of aryl methyl sites for hydroxylation is 1. The van der Waals surface area contributed by atoms with Crippen LogP contribution in [0.1, 0.15) is 33.9 Å². The van der Waals surface area contributed by atoms with Crippen molar-refractivity contribution in [3.63, 3.8) is 0 Å². The van der Waals surface area contributed by atoms with Crippen molar-refractivity contribution in [1.82, 2.24) is 5.32 Å². The average molecular weight is 456 g/mol. The number of anilines is 1. The number of amides is 1. The highest BCUT2D eigenvalue weighted by molar-refractivity contribution is 8.15. The van der Waals surface area contributed by atoms with E-state index in [1.165, 1.54) is 11.8 Å². The number of amidine groups is 1. The molecule has 0 aliphatic carbocycles. The van der Waals surface area contributed by atoms with E-state index in [1.54, 1.807) is 12.1 Å². The van der Waals surface area contributed by atoms with Gasteiger partial charge in [-0.2, -0.15) is 5.26 Å². The smallest absolute Gasteiger partial charge is 0.236 e. The molecule has 4 N–H and O–H groups in total. The van der Waals surface area contributed by atoms with Gasteiger partial charge in [0.1, 0.15) is 5.25 Å². The van der Waals surface area contributed by atoms with Gasteiger partial charge in [0, 0.05) is 18.8 Å². The van der Waals surface area contributed by atoms with E-state index in [4.69, 9.17) is 16.0 Å². The summed E-state index contributed by atoms with van der Waals surface area (Å²) >= 11 is 1.41. The minimum atomic E-state index is -0.429. The Morgan fingerprint density at radius 1 is 1.09 bits per heavy atom. The molecule has 2 unspecified atom stereocenters. The minimum absolute atomic E-state index is 0.0776. The van der Waals surface area contributed by atoms with Crippen LogP contribution >= 0.6 is 11.8 Å². The van der Waals surface area contributed by atoms with Gasteiger partial charge in [-0.25, -0.2) is 0 Å². The highest BCUT2D eigenvalue weighted by Gasteiger charge is 2.37. The van der Waals surface area contributed by atoms with Crippen molar-refractivity contribution >= 4 is 28.5 Å². The zero-order valence-corrected chi connectivity index (χ0v) is 19.1. The van der Waals surface area contributed by atoms with Crippen LogP contribution in [0.25, 0.3) is 0 Å². The van der Waals surface area contributed by atoms with E-state index >= 15 is 0 Å². The number of benzene rings is 3. The topological polar surface area (TPSA) is 103 Å². The summed E-state index contributed by atoms with van der Waals surface area (Å²) in [6.07, 6.45) is 0. The third-order valence-electron chi connectivity index (χ3n) is 5.51. The molecule has 6 nitrogen and oxygen atoms in total. The summed E-state index contributed by atoms with van der Waals surface area (Å²) in [5.74, 6) is -0.0776. The van der Waals surface area contributed by atoms with Crippen LogP contribution in [0, 0.1) is 18.3 Å². The van der Waals surface area contributed by atoms with Crippen LogP contribution in [0.2, 0.25) is 0 Å². The van der Waals surface area contributed by atoms with Crippen LogP contribution in [0.4, 0.5) is 5.69 Å². The number of nitrogens with two attached hydrogens (primary N) is 1. The first-order valence-corrected chi connectivity index (χ1v) is 11.6. The van der Waals surface area contributed by atoms with Gasteiger partial charge in [0.25, 0.3) is 0 Å². The molecule has 1 aliphatic rings. The lowest BCUT2D eigenvalue weighted by Crippen LogP contribution is -2.34. The van der Waals surface area contributed by atoms with E-state index in [0.29, 0.717) is 23.8 Å². The molecule has 0 bridgehead atoms. The molecule has 3 aromatic carbocycles. The van der Waals surface area contributed by atoms with Crippen LogP contribution in [0.5, 0.6) is 0 Å². The fourth-order valence-electron chi connectivity index (χ4n) is 3.60. The van der Waals surface area contributed by atoms with Gasteiger partial charge in [0.05, 0.1) is 17.7 Å². The molecule has 0 saturated carbocycles. The summed E-state index contributed by atoms with van der Waals surface area (Å²) in [5, 5.41) is 15.8. The number of thioether (sulfide) groups is 1. The van der Waals surface area contributed by atoms with Crippen molar-refractivity contribution in [2.24, 2.45) is 10.7 Å². The number of nitrogens with one attached hydrogen (secondary N) is 2. The Kier molecular flexibility index (Phi) is 7.08. The summed E-state index contributed by atoms with van der Waals surface area (Å²) in [6.45, 7) is 2.93. The maximum atomic E-state index is 13.2. The van der Waals surface area contributed by atoms with Crippen molar-refractivity contribution in [3.05, 3.63) is 101 Å². The summed E-state index contributed by atoms with van der Waals surface area (Å²) in [5.41, 5.74) is 11.3. The number of nitrogens with zero attached hydrogens (tertiary/aromatic N) is 2. The maximum Gasteiger partial charge on any atom is 0.236 e. The number of hydrogen-bond donors (Lipinski definition) is 3. The molecule has 1 heterocycles. The van der Waals surface area contributed by atoms with Gasteiger partial charge in [-0.3, -0.25) is 9.79 Å². The largest absolute Gasteiger partial charge is 0.351 e. The fraction of sp³-hybridized carbons (Fsp3) is 0.192. The molecule has 0 aromatic heterocycles. The second-order valence-corrected chi connectivity index (χ2v) is 8.96. The lowest BCUT2D eigenvalue weighted by Gasteiger charge is -2.17. The normalized spacial score (nSPS) is 17.2. The Labute approximate surface area is 197 Å². The second-order valence-electron chi connectivity index (χ2n) is 7.83. The first kappa shape index (κ1) is 22.6. The molecule has 1 aliphatic heterocycles. The van der Waals surface area contributed by atoms with Crippen LogP contribution in [0.15, 0.2) is 77.8 Å². The quantitative estimate of drug-likeness (QED) is 0.515. The van der Waals surface area contributed by atoms with Gasteiger partial charge >= 0.3 is 0 Å². The van der Waals surface area contributed by atoms with Crippen molar-refractivity contribution in [1.29, 1.82) is 5.26 Å². The summed E-state index contributed by atoms with van der Waals surface area (Å²) in [7, 11) is 0. The Morgan fingerprint density at radius 2 is 1.85 bits per heavy atom. The molecule has 0 fully saturated rings. The molecule has 0 saturated heterocycles. The SMILES string of the molecule is Cc1ccc(CN)cc1NC1=NC(c2ccc(C#N)cc2)C(C(=O)NCc2ccccc2)S1. The molecule has 33 heavy (non-hydrogen) atoms. The Hall–Kier alpha value is -3.60. The molecule has 4 rings (SSSR count). The molecule has 2 atom stereocenters. The van der Waals surface area contributed by atoms with Crippen molar-refractivity contribution in [2.45, 2.75) is 31.3 Å². The van der Waals surface area contributed by atoms with Crippen molar-refractivity contribution in [3.8, 4) is 6.07 Å². The highest BCUT2D eigenvalue weighted by Crippen LogP contribution is 2.38. The number of hydrogen-bond acceptors (Lipinski definition) is 6. The van der Waals surface area contributed by atoms with E-state index in [1.807, 2.05) is 67.6 Å². The molecular weight excluding hydrogens is 430 g/mol. The minimum Gasteiger partial charge on any atom is -0.351 e. The van der Waals surface area contributed by atoms with Gasteiger partial charge in [-0.05, 0) is 47.4 Å². The van der Waals surface area contributed by atoms with E-state index in [-0.39, 0.29) is 11.9 Å². The van der Waals surface area contributed by atoms with E-state index in [9.17, 15) is 4.79 Å². The molecule has 0 spiro atoms. The van der Waals surface area contributed by atoms with E-state index < -0.39 is 5.25 Å². The molecule has 0 radical (unpaired) electrons. The summed E-state index contributed by atoms with van der Waals surface area (Å²) in [4.78, 5) is 18.0. The van der Waals surface area contributed by atoms with Crippen LogP contribution in [0.3, 0.4) is 0 Å². The molecular formula is C26H25N5OS. The summed E-state index contributed by atoms with van der Waals surface area (Å²) < 4.78 is 0. The number of aliphatic imine (C=N–C) groups is 1. The third-order valence-corrected chi connectivity index (χ3v) is 6.67. The first-order valence-electron chi connectivity index (χ1n) is 10.7. The van der Waals surface area contributed by atoms with Crippen LogP contribution in [-0.4, -0.2) is 16.3 Å². The molecule has 166 valence electrons. The number of carbonyl (C=O) groups is 1. The van der Waals surface area contributed by atoms with Gasteiger partial charge in [-0.15, -0.1) is 0 Å². The third kappa shape index (κ3) is 5.43. The monoisotopic (exact) mass is 455 g/mol. The Balaban J connectivity index is 1.57. The lowest BCUT2D eigenvalue weighted by atomic mass is 10.0. The number of nitriles is 1. The van der Waals surface area contributed by atoms with Gasteiger partial charge in [0.15, 0.2) is 5.17 Å². The van der Waals surface area contributed by atoms with E-state index in [2.05, 4.69) is 16.7 Å². The fourth-order valence-corrected chi connectivity index (χ4v) is 4.72. The van der Waals surface area contributed by atoms with Crippen molar-refractivity contribution in [2.75, 3.05) is 5.32 Å². The standard InChI is InChI=1S/C26H25N5OS/c1-17-7-8-20(15-28)13-22(17)30-26-31-23(21-11-9-18(14-27)10-12-21)24(33-26)25(32)29-16-19-5-3-2-4-6-19/h2-13,23-24H,15-16,28H2,1H3,(H,29,32)(H,30,31). The molecule has 3 aromatic rings. The zero-order valence-electron chi connectivity index (χ0n) is 18.3. The molecule has 1 amide bonds. The number of carbonyl (C=O) groups excluding carboxylic acids is 1. The first-order chi connectivity index (χ1) is 16.1. The Bertz CT molecular complexity index is 1200. The zero-order chi connectivity index (χ0) is 23.2. The maximum absolute atomic E-state index is 13.2. The van der Waals surface area contributed by atoms with Crippen LogP contribution < -0.4 is 16.4 Å². The van der Waals surface area contributed by atoms with Gasteiger partial charge in [0.2, 0.25) is 5.91 Å². The van der Waals surface area contributed by atoms with Gasteiger partial charge in [-0.1, -0.05) is 66.4 Å². The molecule has 7 heteroatoms. The van der Waals surface area contributed by atoms with Crippen LogP contribution in [-0.2, 0) is 17.9 Å². The Morgan fingerprint density at radius 3 is 2.55 bits per heavy atom. The van der Waals surface area contributed by atoms with E-state index in [0.717, 1.165) is 27.9 Å². The van der Waals surface area contributed by atoms with Crippen molar-refractivity contribution < 1.29 is 4.79 Å². The average Bonchev–Trinajstić information content (AvgIpc) is 3.28. The predicted octanol–water partition coefficient (Wildman–Crippen LogP) is 4.27. The second kappa shape index (κ2) is 10.3. The lowest BCUT2D eigenvalue weighted by molar-refractivity contribution is -0.121.